The van der Waals surface area contributed by atoms with Gasteiger partial charge in [0.1, 0.15) is 0 Å². The number of hydrogen-bond donors (Lipinski definition) is 0. The predicted molar refractivity (Wildman–Crippen MR) is 89.5 cm³/mol. The van der Waals surface area contributed by atoms with Crippen molar-refractivity contribution in [3.8, 4) is 0 Å². The summed E-state index contributed by atoms with van der Waals surface area (Å²) in [5, 5.41) is 1.97. The first kappa shape index (κ1) is 16.0. The molecule has 0 aliphatic heterocycles. The fourth-order valence-corrected chi connectivity index (χ4v) is 3.00. The van der Waals surface area contributed by atoms with Crippen LogP contribution in [-0.4, -0.2) is 5.88 Å². The van der Waals surface area contributed by atoms with Gasteiger partial charge in [-0.05, 0) is 42.0 Å². The molecular formula is C16H14Cl4. The molecule has 0 fully saturated rings. The molecule has 0 saturated heterocycles. The van der Waals surface area contributed by atoms with Gasteiger partial charge in [0.2, 0.25) is 0 Å². The highest BCUT2D eigenvalue weighted by Crippen LogP contribution is 2.29. The SMILES string of the molecule is ClCC(Cc1ccccc1Cl)Cc1cccc(Cl)c1Cl. The molecule has 2 aromatic carbocycles. The van der Waals surface area contributed by atoms with Crippen molar-refractivity contribution < 1.29 is 0 Å². The Morgan fingerprint density at radius 3 is 2.05 bits per heavy atom. The second kappa shape index (κ2) is 7.56. The Balaban J connectivity index is 2.14. The van der Waals surface area contributed by atoms with E-state index in [0.717, 1.165) is 29.0 Å². The Bertz CT molecular complexity index is 580. The molecule has 1 atom stereocenters. The highest BCUT2D eigenvalue weighted by Gasteiger charge is 2.14. The summed E-state index contributed by atoms with van der Waals surface area (Å²) in [4.78, 5) is 0. The highest BCUT2D eigenvalue weighted by atomic mass is 35.5. The quantitative estimate of drug-likeness (QED) is 0.557. The van der Waals surface area contributed by atoms with E-state index in [4.69, 9.17) is 46.4 Å². The molecule has 0 bridgehead atoms. The lowest BCUT2D eigenvalue weighted by Crippen LogP contribution is -2.11. The maximum Gasteiger partial charge on any atom is 0.0624 e. The van der Waals surface area contributed by atoms with Gasteiger partial charge < -0.3 is 0 Å². The van der Waals surface area contributed by atoms with E-state index in [-0.39, 0.29) is 5.92 Å². The zero-order valence-electron chi connectivity index (χ0n) is 10.8. The topological polar surface area (TPSA) is 0 Å². The maximum absolute atomic E-state index is 6.23. The third-order valence-corrected chi connectivity index (χ3v) is 4.89. The van der Waals surface area contributed by atoms with Crippen LogP contribution in [0.5, 0.6) is 0 Å². The van der Waals surface area contributed by atoms with Crippen molar-refractivity contribution in [1.29, 1.82) is 0 Å². The molecule has 1 unspecified atom stereocenters. The second-order valence-corrected chi connectivity index (χ2v) is 6.23. The standard InChI is InChI=1S/C16H14Cl4/c17-10-11(8-12-4-1-2-6-14(12)18)9-13-5-3-7-15(19)16(13)20/h1-7,11H,8-10H2. The largest absolute Gasteiger partial charge is 0.126 e. The third kappa shape index (κ3) is 4.05. The number of halogens is 4. The molecule has 0 heterocycles. The van der Waals surface area contributed by atoms with Crippen LogP contribution in [0.3, 0.4) is 0 Å². The molecule has 0 amide bonds. The molecule has 2 aromatic rings. The van der Waals surface area contributed by atoms with E-state index >= 15 is 0 Å². The van der Waals surface area contributed by atoms with Crippen molar-refractivity contribution in [3.63, 3.8) is 0 Å². The lowest BCUT2D eigenvalue weighted by atomic mass is 9.94. The first-order valence-electron chi connectivity index (χ1n) is 6.34. The van der Waals surface area contributed by atoms with E-state index in [1.54, 1.807) is 6.07 Å². The highest BCUT2D eigenvalue weighted by molar-refractivity contribution is 6.42. The van der Waals surface area contributed by atoms with Crippen LogP contribution in [0.4, 0.5) is 0 Å². The Morgan fingerprint density at radius 2 is 1.35 bits per heavy atom. The van der Waals surface area contributed by atoms with Crippen LogP contribution in [0.15, 0.2) is 42.5 Å². The lowest BCUT2D eigenvalue weighted by molar-refractivity contribution is 0.584. The van der Waals surface area contributed by atoms with Crippen LogP contribution in [-0.2, 0) is 12.8 Å². The van der Waals surface area contributed by atoms with E-state index in [1.807, 2.05) is 36.4 Å². The van der Waals surface area contributed by atoms with Gasteiger partial charge in [-0.15, -0.1) is 11.6 Å². The minimum atomic E-state index is 0.271. The molecule has 0 nitrogen and oxygen atoms in total. The van der Waals surface area contributed by atoms with E-state index < -0.39 is 0 Å². The van der Waals surface area contributed by atoms with Crippen LogP contribution in [0, 0.1) is 5.92 Å². The molecule has 0 aromatic heterocycles. The Hall–Kier alpha value is -0.400. The average molecular weight is 348 g/mol. The summed E-state index contributed by atoms with van der Waals surface area (Å²) in [7, 11) is 0. The van der Waals surface area contributed by atoms with E-state index in [1.165, 1.54) is 0 Å². The minimum absolute atomic E-state index is 0.271. The Labute approximate surface area is 139 Å². The van der Waals surface area contributed by atoms with Crippen molar-refractivity contribution in [3.05, 3.63) is 68.7 Å². The van der Waals surface area contributed by atoms with Gasteiger partial charge >= 0.3 is 0 Å². The number of hydrogen-bond acceptors (Lipinski definition) is 0. The second-order valence-electron chi connectivity index (χ2n) is 4.73. The van der Waals surface area contributed by atoms with Gasteiger partial charge in [0.25, 0.3) is 0 Å². The fourth-order valence-electron chi connectivity index (χ4n) is 2.17. The fraction of sp³-hybridized carbons (Fsp3) is 0.250. The van der Waals surface area contributed by atoms with Gasteiger partial charge in [-0.3, -0.25) is 0 Å². The number of benzene rings is 2. The van der Waals surface area contributed by atoms with Crippen LogP contribution >= 0.6 is 46.4 Å². The molecule has 0 spiro atoms. The summed E-state index contributed by atoms with van der Waals surface area (Å²) in [5.74, 6) is 0.821. The van der Waals surface area contributed by atoms with Gasteiger partial charge in [0.15, 0.2) is 0 Å². The summed E-state index contributed by atoms with van der Waals surface area (Å²) in [6.45, 7) is 0. The molecule has 0 N–H and O–H groups in total. The first-order chi connectivity index (χ1) is 9.61. The monoisotopic (exact) mass is 346 g/mol. The lowest BCUT2D eigenvalue weighted by Gasteiger charge is -2.16. The zero-order valence-corrected chi connectivity index (χ0v) is 13.8. The number of rotatable bonds is 5. The van der Waals surface area contributed by atoms with Crippen LogP contribution < -0.4 is 0 Å². The van der Waals surface area contributed by atoms with Crippen molar-refractivity contribution in [2.24, 2.45) is 5.92 Å². The zero-order chi connectivity index (χ0) is 14.5. The predicted octanol–water partition coefficient (Wildman–Crippen LogP) is 6.29. The van der Waals surface area contributed by atoms with Crippen molar-refractivity contribution in [2.75, 3.05) is 5.88 Å². The first-order valence-corrected chi connectivity index (χ1v) is 8.01. The molecule has 106 valence electrons. The molecule has 0 aliphatic carbocycles. The van der Waals surface area contributed by atoms with Gasteiger partial charge in [0, 0.05) is 10.9 Å². The van der Waals surface area contributed by atoms with Crippen molar-refractivity contribution in [2.45, 2.75) is 12.8 Å². The van der Waals surface area contributed by atoms with Gasteiger partial charge in [-0.2, -0.15) is 0 Å². The maximum atomic E-state index is 6.23. The molecule has 2 rings (SSSR count). The molecule has 0 saturated carbocycles. The minimum Gasteiger partial charge on any atom is -0.126 e. The molecular weight excluding hydrogens is 334 g/mol. The normalized spacial score (nSPS) is 12.4. The summed E-state index contributed by atoms with van der Waals surface area (Å²) in [5.41, 5.74) is 2.13. The van der Waals surface area contributed by atoms with Crippen molar-refractivity contribution >= 4 is 46.4 Å². The summed E-state index contributed by atoms with van der Waals surface area (Å²) in [6.07, 6.45) is 1.61. The van der Waals surface area contributed by atoms with Crippen LogP contribution in [0.2, 0.25) is 15.1 Å². The molecule has 0 aliphatic rings. The van der Waals surface area contributed by atoms with Gasteiger partial charge in [-0.25, -0.2) is 0 Å². The smallest absolute Gasteiger partial charge is 0.0624 e. The van der Waals surface area contributed by atoms with Gasteiger partial charge in [0.05, 0.1) is 10.0 Å². The summed E-state index contributed by atoms with van der Waals surface area (Å²) in [6, 6.07) is 13.5. The van der Waals surface area contributed by atoms with Crippen molar-refractivity contribution in [1.82, 2.24) is 0 Å². The average Bonchev–Trinajstić information content (AvgIpc) is 2.45. The molecule has 0 radical (unpaired) electrons. The third-order valence-electron chi connectivity index (χ3n) is 3.22. The van der Waals surface area contributed by atoms with Crippen LogP contribution in [0.1, 0.15) is 11.1 Å². The molecule has 20 heavy (non-hydrogen) atoms. The summed E-state index contributed by atoms with van der Waals surface area (Å²) >= 11 is 24.6. The van der Waals surface area contributed by atoms with E-state index in [9.17, 15) is 0 Å². The number of alkyl halides is 1. The summed E-state index contributed by atoms with van der Waals surface area (Å²) < 4.78 is 0. The Kier molecular flexibility index (Phi) is 6.04. The van der Waals surface area contributed by atoms with E-state index in [0.29, 0.717) is 15.9 Å². The van der Waals surface area contributed by atoms with E-state index in [2.05, 4.69) is 0 Å². The molecule has 4 heteroatoms. The van der Waals surface area contributed by atoms with Crippen LogP contribution in [0.25, 0.3) is 0 Å². The van der Waals surface area contributed by atoms with Gasteiger partial charge in [-0.1, -0.05) is 65.1 Å². The Morgan fingerprint density at radius 1 is 0.750 bits per heavy atom.